The molecule has 0 saturated heterocycles. The number of thiazole rings is 1. The van der Waals surface area contributed by atoms with Crippen molar-refractivity contribution in [3.8, 4) is 22.4 Å². The van der Waals surface area contributed by atoms with Gasteiger partial charge in [-0.1, -0.05) is 54.6 Å². The van der Waals surface area contributed by atoms with E-state index in [9.17, 15) is 4.79 Å². The van der Waals surface area contributed by atoms with E-state index < -0.39 is 0 Å². The van der Waals surface area contributed by atoms with Crippen LogP contribution in [0.5, 0.6) is 0 Å². The largest absolute Gasteiger partial charge is 0.273 e. The van der Waals surface area contributed by atoms with Crippen LogP contribution < -0.4 is 10.9 Å². The van der Waals surface area contributed by atoms with Crippen LogP contribution >= 0.6 is 11.3 Å². The molecule has 0 unspecified atom stereocenters. The highest BCUT2D eigenvalue weighted by molar-refractivity contribution is 7.14. The Balaban J connectivity index is 1.32. The molecule has 1 aromatic heterocycles. The van der Waals surface area contributed by atoms with Gasteiger partial charge in [-0.05, 0) is 46.9 Å². The number of aromatic nitrogens is 1. The summed E-state index contributed by atoms with van der Waals surface area (Å²) in [6, 6.07) is 24.2. The molecule has 4 nitrogen and oxygen atoms in total. The summed E-state index contributed by atoms with van der Waals surface area (Å²) in [6.07, 6.45) is 0.960. The lowest BCUT2D eigenvalue weighted by Crippen LogP contribution is -2.29. The molecular formula is C23H17N3OS. The zero-order chi connectivity index (χ0) is 18.9. The van der Waals surface area contributed by atoms with E-state index in [0.717, 1.165) is 17.7 Å². The van der Waals surface area contributed by atoms with Gasteiger partial charge in [0.2, 0.25) is 5.13 Å². The summed E-state index contributed by atoms with van der Waals surface area (Å²) < 4.78 is 0. The van der Waals surface area contributed by atoms with Crippen molar-refractivity contribution in [2.75, 3.05) is 5.43 Å². The fourth-order valence-electron chi connectivity index (χ4n) is 3.54. The number of carbonyl (C=O) groups is 1. The first-order valence-corrected chi connectivity index (χ1v) is 9.94. The first-order valence-electron chi connectivity index (χ1n) is 9.06. The minimum atomic E-state index is -0.187. The van der Waals surface area contributed by atoms with Crippen molar-refractivity contribution in [3.63, 3.8) is 0 Å². The second kappa shape index (κ2) is 6.94. The van der Waals surface area contributed by atoms with E-state index >= 15 is 0 Å². The van der Waals surface area contributed by atoms with Crippen molar-refractivity contribution < 1.29 is 4.79 Å². The molecule has 0 aliphatic heterocycles. The van der Waals surface area contributed by atoms with E-state index in [-0.39, 0.29) is 5.91 Å². The number of anilines is 1. The molecule has 4 aromatic rings. The Morgan fingerprint density at radius 1 is 0.893 bits per heavy atom. The molecule has 0 fully saturated rings. The van der Waals surface area contributed by atoms with Gasteiger partial charge in [-0.2, -0.15) is 0 Å². The van der Waals surface area contributed by atoms with Gasteiger partial charge in [0.1, 0.15) is 0 Å². The Bertz CT molecular complexity index is 1170. The number of carbonyl (C=O) groups excluding carboxylic acids is 1. The lowest BCUT2D eigenvalue weighted by atomic mass is 10.0. The molecule has 1 aliphatic rings. The molecule has 1 amide bonds. The third-order valence-corrected chi connectivity index (χ3v) is 5.67. The molecule has 0 spiro atoms. The van der Waals surface area contributed by atoms with Gasteiger partial charge in [0, 0.05) is 16.5 Å². The maximum absolute atomic E-state index is 12.1. The van der Waals surface area contributed by atoms with Gasteiger partial charge >= 0.3 is 0 Å². The molecule has 1 aliphatic carbocycles. The van der Waals surface area contributed by atoms with E-state index in [1.54, 1.807) is 12.1 Å². The van der Waals surface area contributed by atoms with E-state index in [0.29, 0.717) is 10.7 Å². The summed E-state index contributed by atoms with van der Waals surface area (Å²) in [4.78, 5) is 16.7. The number of fused-ring (bicyclic) bond motifs is 3. The average molecular weight is 383 g/mol. The Morgan fingerprint density at radius 3 is 2.57 bits per heavy atom. The molecule has 5 heteroatoms. The topological polar surface area (TPSA) is 54.0 Å². The van der Waals surface area contributed by atoms with Gasteiger partial charge in [0.05, 0.1) is 5.69 Å². The highest BCUT2D eigenvalue weighted by atomic mass is 32.1. The summed E-state index contributed by atoms with van der Waals surface area (Å²) in [7, 11) is 0. The van der Waals surface area contributed by atoms with E-state index in [2.05, 4.69) is 58.3 Å². The summed E-state index contributed by atoms with van der Waals surface area (Å²) in [5.41, 5.74) is 13.5. The lowest BCUT2D eigenvalue weighted by molar-refractivity contribution is 0.0962. The molecule has 5 rings (SSSR count). The fourth-order valence-corrected chi connectivity index (χ4v) is 4.21. The number of nitrogens with one attached hydrogen (secondary N) is 2. The zero-order valence-electron chi connectivity index (χ0n) is 15.0. The molecule has 0 radical (unpaired) electrons. The SMILES string of the molecule is O=C(NNc1nc(-c2ccc3c(c2)Cc2ccccc2-3)cs1)c1ccccc1. The predicted octanol–water partition coefficient (Wildman–Crippen LogP) is 5.14. The number of nitrogens with zero attached hydrogens (tertiary/aromatic N) is 1. The van der Waals surface area contributed by atoms with Crippen molar-refractivity contribution in [1.82, 2.24) is 10.4 Å². The van der Waals surface area contributed by atoms with E-state index in [4.69, 9.17) is 0 Å². The van der Waals surface area contributed by atoms with Crippen LogP contribution in [0.1, 0.15) is 21.5 Å². The standard InChI is InChI=1S/C23H17N3OS/c27-22(15-6-2-1-3-7-15)25-26-23-24-21(14-28-23)17-10-11-20-18(13-17)12-16-8-4-5-9-19(16)20/h1-11,13-14H,12H2,(H,24,26)(H,25,27). The highest BCUT2D eigenvalue weighted by Crippen LogP contribution is 2.38. The Hall–Kier alpha value is -3.44. The Kier molecular flexibility index (Phi) is 4.14. The number of amides is 1. The van der Waals surface area contributed by atoms with Crippen molar-refractivity contribution in [1.29, 1.82) is 0 Å². The predicted molar refractivity (Wildman–Crippen MR) is 113 cm³/mol. The molecule has 136 valence electrons. The quantitative estimate of drug-likeness (QED) is 0.423. The zero-order valence-corrected chi connectivity index (χ0v) is 15.8. The minimum Gasteiger partial charge on any atom is -0.273 e. The number of hydrazine groups is 1. The van der Waals surface area contributed by atoms with Crippen LogP contribution in [0.3, 0.4) is 0 Å². The monoisotopic (exact) mass is 383 g/mol. The van der Waals surface area contributed by atoms with Gasteiger partial charge in [0.15, 0.2) is 0 Å². The first kappa shape index (κ1) is 16.7. The third kappa shape index (κ3) is 3.06. The normalized spacial score (nSPS) is 11.6. The van der Waals surface area contributed by atoms with Crippen LogP contribution in [0, 0.1) is 0 Å². The molecule has 0 atom stereocenters. The van der Waals surface area contributed by atoms with Crippen LogP contribution in [-0.2, 0) is 6.42 Å². The highest BCUT2D eigenvalue weighted by Gasteiger charge is 2.18. The number of hydrogen-bond donors (Lipinski definition) is 2. The molecule has 1 heterocycles. The molecular weight excluding hydrogens is 366 g/mol. The maximum Gasteiger partial charge on any atom is 0.269 e. The summed E-state index contributed by atoms with van der Waals surface area (Å²) >= 11 is 1.47. The van der Waals surface area contributed by atoms with E-state index in [1.165, 1.54) is 33.6 Å². The van der Waals surface area contributed by atoms with Crippen LogP contribution in [-0.4, -0.2) is 10.9 Å². The van der Waals surface area contributed by atoms with Crippen molar-refractivity contribution in [3.05, 3.63) is 94.9 Å². The van der Waals surface area contributed by atoms with E-state index in [1.807, 2.05) is 23.6 Å². The summed E-state index contributed by atoms with van der Waals surface area (Å²) in [5.74, 6) is -0.187. The Labute approximate surface area is 166 Å². The van der Waals surface area contributed by atoms with Crippen LogP contribution in [0.4, 0.5) is 5.13 Å². The lowest BCUT2D eigenvalue weighted by Gasteiger charge is -2.05. The van der Waals surface area contributed by atoms with Gasteiger partial charge < -0.3 is 0 Å². The molecule has 3 aromatic carbocycles. The van der Waals surface area contributed by atoms with Gasteiger partial charge in [-0.3, -0.25) is 15.6 Å². The van der Waals surface area contributed by atoms with Crippen LogP contribution in [0.25, 0.3) is 22.4 Å². The van der Waals surface area contributed by atoms with Gasteiger partial charge in [0.25, 0.3) is 5.91 Å². The number of hydrogen-bond acceptors (Lipinski definition) is 4. The van der Waals surface area contributed by atoms with Crippen LogP contribution in [0.2, 0.25) is 0 Å². The second-order valence-electron chi connectivity index (χ2n) is 6.69. The maximum atomic E-state index is 12.1. The van der Waals surface area contributed by atoms with Gasteiger partial charge in [-0.15, -0.1) is 11.3 Å². The second-order valence-corrected chi connectivity index (χ2v) is 7.55. The smallest absolute Gasteiger partial charge is 0.269 e. The van der Waals surface area contributed by atoms with Gasteiger partial charge in [-0.25, -0.2) is 4.98 Å². The molecule has 0 saturated carbocycles. The summed E-state index contributed by atoms with van der Waals surface area (Å²) in [6.45, 7) is 0. The van der Waals surface area contributed by atoms with Crippen molar-refractivity contribution in [2.45, 2.75) is 6.42 Å². The fraction of sp³-hybridized carbons (Fsp3) is 0.0435. The van der Waals surface area contributed by atoms with Crippen molar-refractivity contribution in [2.24, 2.45) is 0 Å². The number of rotatable bonds is 4. The third-order valence-electron chi connectivity index (χ3n) is 4.91. The van der Waals surface area contributed by atoms with Crippen molar-refractivity contribution >= 4 is 22.4 Å². The first-order chi connectivity index (χ1) is 13.8. The van der Waals surface area contributed by atoms with Crippen LogP contribution in [0.15, 0.2) is 78.2 Å². The number of benzene rings is 3. The average Bonchev–Trinajstić information content (AvgIpc) is 3.36. The molecule has 2 N–H and O–H groups in total. The Morgan fingerprint density at radius 2 is 1.68 bits per heavy atom. The minimum absolute atomic E-state index is 0.187. The summed E-state index contributed by atoms with van der Waals surface area (Å²) in [5, 5.41) is 2.66. The molecule has 0 bridgehead atoms. The molecule has 28 heavy (non-hydrogen) atoms.